The Morgan fingerprint density at radius 1 is 1.00 bits per heavy atom. The summed E-state index contributed by atoms with van der Waals surface area (Å²) in [5.74, 6) is -0.904. The summed E-state index contributed by atoms with van der Waals surface area (Å²) in [7, 11) is 2.99. The van der Waals surface area contributed by atoms with Gasteiger partial charge in [0.15, 0.2) is 23.1 Å². The van der Waals surface area contributed by atoms with Crippen LogP contribution in [0.2, 0.25) is 0 Å². The summed E-state index contributed by atoms with van der Waals surface area (Å²) in [5, 5.41) is 11.6. The first-order valence-electron chi connectivity index (χ1n) is 14.1. The maximum Gasteiger partial charge on any atom is 0.248 e. The number of carbonyl (C=O) groups is 2. The lowest BCUT2D eigenvalue weighted by molar-refractivity contribution is -0.138. The summed E-state index contributed by atoms with van der Waals surface area (Å²) < 4.78 is 49.2. The number of aliphatic hydroxyl groups is 1. The summed E-state index contributed by atoms with van der Waals surface area (Å²) in [6.45, 7) is 2.94. The fourth-order valence-electron chi connectivity index (χ4n) is 5.25. The third-order valence-electron chi connectivity index (χ3n) is 7.34. The number of nitrogens with zero attached hydrogens (tertiary/aromatic N) is 3. The van der Waals surface area contributed by atoms with Crippen molar-refractivity contribution < 1.29 is 42.4 Å². The van der Waals surface area contributed by atoms with Crippen LogP contribution in [-0.2, 0) is 20.9 Å². The molecule has 2 amide bonds. The van der Waals surface area contributed by atoms with E-state index in [9.17, 15) is 23.5 Å². The minimum absolute atomic E-state index is 0.0194. The average molecular weight is 592 g/mol. The van der Waals surface area contributed by atoms with Crippen LogP contribution in [0.5, 0.6) is 17.2 Å². The number of amides is 2. The number of halogens is 2. The minimum atomic E-state index is -1.51. The van der Waals surface area contributed by atoms with Crippen LogP contribution in [0.4, 0.5) is 8.78 Å². The topological polar surface area (TPSA) is 101 Å². The van der Waals surface area contributed by atoms with Gasteiger partial charge < -0.3 is 33.9 Å². The number of β-amino-alcohol motifs (C(OH)–C–C–N with tert-alkyl or cyclic N) is 1. The summed E-state index contributed by atoms with van der Waals surface area (Å²) in [6, 6.07) is 8.78. The molecule has 0 radical (unpaired) electrons. The Morgan fingerprint density at radius 3 is 2.55 bits per heavy atom. The fraction of sp³-hybridized carbons (Fsp3) is 0.533. The number of methoxy groups -OCH3 is 2. The Hall–Kier alpha value is -3.48. The minimum Gasteiger partial charge on any atom is -0.493 e. The van der Waals surface area contributed by atoms with Crippen molar-refractivity contribution in [2.24, 2.45) is 0 Å². The van der Waals surface area contributed by atoms with Crippen LogP contribution in [0.15, 0.2) is 36.4 Å². The van der Waals surface area contributed by atoms with E-state index in [4.69, 9.17) is 18.9 Å². The molecule has 4 rings (SSSR count). The van der Waals surface area contributed by atoms with Gasteiger partial charge in [0.2, 0.25) is 11.8 Å². The highest BCUT2D eigenvalue weighted by Crippen LogP contribution is 2.29. The van der Waals surface area contributed by atoms with Crippen LogP contribution in [0.1, 0.15) is 24.8 Å². The van der Waals surface area contributed by atoms with E-state index in [0.29, 0.717) is 57.1 Å². The molecule has 10 nitrogen and oxygen atoms in total. The third kappa shape index (κ3) is 8.52. The van der Waals surface area contributed by atoms with E-state index < -0.39 is 17.2 Å². The Labute approximate surface area is 244 Å². The summed E-state index contributed by atoms with van der Waals surface area (Å²) in [5.41, 5.74) is -0.600. The van der Waals surface area contributed by atoms with Crippen molar-refractivity contribution >= 4 is 11.8 Å². The quantitative estimate of drug-likeness (QED) is 0.355. The highest BCUT2D eigenvalue weighted by Gasteiger charge is 2.37. The molecule has 2 aromatic carbocycles. The van der Waals surface area contributed by atoms with Gasteiger partial charge in [0.05, 0.1) is 20.3 Å². The van der Waals surface area contributed by atoms with Crippen LogP contribution in [-0.4, -0.2) is 111 Å². The fourth-order valence-corrected chi connectivity index (χ4v) is 5.25. The van der Waals surface area contributed by atoms with Crippen LogP contribution in [0.25, 0.3) is 0 Å². The van der Waals surface area contributed by atoms with Crippen LogP contribution >= 0.6 is 0 Å². The van der Waals surface area contributed by atoms with E-state index in [2.05, 4.69) is 0 Å². The number of hydrogen-bond donors (Lipinski definition) is 1. The molecule has 0 spiro atoms. The molecule has 1 atom stereocenters. The number of rotatable bonds is 13. The van der Waals surface area contributed by atoms with Crippen molar-refractivity contribution in [3.63, 3.8) is 0 Å². The first kappa shape index (κ1) is 31.5. The second-order valence-corrected chi connectivity index (χ2v) is 10.7. The normalized spacial score (nSPS) is 19.6. The van der Waals surface area contributed by atoms with Crippen LogP contribution in [0, 0.1) is 11.6 Å². The van der Waals surface area contributed by atoms with Gasteiger partial charge in [0.25, 0.3) is 0 Å². The molecule has 0 saturated carbocycles. The largest absolute Gasteiger partial charge is 0.493 e. The molecule has 2 fully saturated rings. The van der Waals surface area contributed by atoms with Crippen molar-refractivity contribution in [3.05, 3.63) is 53.6 Å². The second-order valence-electron chi connectivity index (χ2n) is 10.7. The summed E-state index contributed by atoms with van der Waals surface area (Å²) in [4.78, 5) is 29.8. The standard InChI is InChI=1S/C30H39F2N3O7/c1-39-18-29(37)35-13-12-33(19-30(38,20-35)21-42-23-7-8-24(31)25(32)16-23)17-22-6-9-26(27(15-22)40-2)41-14-4-11-34-10-3-5-28(34)36/h6-9,15-16,38H,3-5,10-14,17-21H2,1-2H3/t30-/m0/s1. The number of benzene rings is 2. The van der Waals surface area contributed by atoms with Gasteiger partial charge >= 0.3 is 0 Å². The van der Waals surface area contributed by atoms with Gasteiger partial charge in [-0.1, -0.05) is 6.07 Å². The molecule has 230 valence electrons. The zero-order valence-corrected chi connectivity index (χ0v) is 24.2. The molecular formula is C30H39F2N3O7. The monoisotopic (exact) mass is 591 g/mol. The van der Waals surface area contributed by atoms with Crippen LogP contribution < -0.4 is 14.2 Å². The SMILES string of the molecule is COCC(=O)N1CCN(Cc2ccc(OCCCN3CCCC3=O)c(OC)c2)C[C@@](O)(COc2ccc(F)c(F)c2)C1. The number of carbonyl (C=O) groups excluding carboxylic acids is 2. The third-order valence-corrected chi connectivity index (χ3v) is 7.34. The molecule has 0 bridgehead atoms. The first-order chi connectivity index (χ1) is 20.2. The molecular weight excluding hydrogens is 552 g/mol. The van der Waals surface area contributed by atoms with Gasteiger partial charge in [0, 0.05) is 58.9 Å². The molecule has 12 heteroatoms. The molecule has 2 aliphatic heterocycles. The predicted octanol–water partition coefficient (Wildman–Crippen LogP) is 2.47. The molecule has 2 aliphatic rings. The Bertz CT molecular complexity index is 1230. The first-order valence-corrected chi connectivity index (χ1v) is 14.1. The molecule has 1 N–H and O–H groups in total. The lowest BCUT2D eigenvalue weighted by Gasteiger charge is -2.33. The maximum atomic E-state index is 13.7. The lowest BCUT2D eigenvalue weighted by atomic mass is 10.0. The molecule has 0 aliphatic carbocycles. The van der Waals surface area contributed by atoms with Gasteiger partial charge in [0.1, 0.15) is 24.6 Å². The van der Waals surface area contributed by atoms with E-state index in [-0.39, 0.29) is 43.9 Å². The second kappa shape index (κ2) is 14.6. The summed E-state index contributed by atoms with van der Waals surface area (Å²) >= 11 is 0. The molecule has 2 saturated heterocycles. The highest BCUT2D eigenvalue weighted by atomic mass is 19.2. The van der Waals surface area contributed by atoms with E-state index in [1.807, 2.05) is 28.0 Å². The van der Waals surface area contributed by atoms with Gasteiger partial charge in [-0.25, -0.2) is 8.78 Å². The smallest absolute Gasteiger partial charge is 0.248 e. The molecule has 42 heavy (non-hydrogen) atoms. The van der Waals surface area contributed by atoms with Gasteiger partial charge in [-0.3, -0.25) is 14.5 Å². The van der Waals surface area contributed by atoms with E-state index >= 15 is 0 Å². The number of hydrogen-bond acceptors (Lipinski definition) is 8. The Morgan fingerprint density at radius 2 is 1.83 bits per heavy atom. The maximum absolute atomic E-state index is 13.7. The zero-order chi connectivity index (χ0) is 30.1. The number of likely N-dealkylation sites (tertiary alicyclic amines) is 1. The molecule has 2 heterocycles. The lowest BCUT2D eigenvalue weighted by Crippen LogP contribution is -2.52. The van der Waals surface area contributed by atoms with Crippen molar-refractivity contribution in [1.29, 1.82) is 0 Å². The van der Waals surface area contributed by atoms with Crippen molar-refractivity contribution in [3.8, 4) is 17.2 Å². The van der Waals surface area contributed by atoms with Gasteiger partial charge in [-0.2, -0.15) is 0 Å². The van der Waals surface area contributed by atoms with Crippen molar-refractivity contribution in [1.82, 2.24) is 14.7 Å². The van der Waals surface area contributed by atoms with Crippen molar-refractivity contribution in [2.45, 2.75) is 31.4 Å². The zero-order valence-electron chi connectivity index (χ0n) is 24.2. The Balaban J connectivity index is 1.40. The number of ether oxygens (including phenoxy) is 4. The predicted molar refractivity (Wildman–Crippen MR) is 149 cm³/mol. The van der Waals surface area contributed by atoms with E-state index in [0.717, 1.165) is 30.7 Å². The molecule has 0 unspecified atom stereocenters. The van der Waals surface area contributed by atoms with Gasteiger partial charge in [-0.15, -0.1) is 0 Å². The molecule has 2 aromatic rings. The van der Waals surface area contributed by atoms with Crippen LogP contribution in [0.3, 0.4) is 0 Å². The Kier molecular flexibility index (Phi) is 10.9. The van der Waals surface area contributed by atoms with E-state index in [1.165, 1.54) is 18.1 Å². The average Bonchev–Trinajstić information content (AvgIpc) is 3.30. The van der Waals surface area contributed by atoms with Gasteiger partial charge in [-0.05, 0) is 42.7 Å². The highest BCUT2D eigenvalue weighted by molar-refractivity contribution is 5.78. The van der Waals surface area contributed by atoms with Crippen molar-refractivity contribution in [2.75, 3.05) is 73.3 Å². The van der Waals surface area contributed by atoms with E-state index in [1.54, 1.807) is 7.11 Å². The summed E-state index contributed by atoms with van der Waals surface area (Å²) in [6.07, 6.45) is 2.24. The molecule has 0 aromatic heterocycles.